The summed E-state index contributed by atoms with van der Waals surface area (Å²) in [6.07, 6.45) is 0. The maximum atomic E-state index is 2.50. The molecule has 12 rings (SSSR count). The zero-order valence-electron chi connectivity index (χ0n) is 33.2. The van der Waals surface area contributed by atoms with Crippen LogP contribution in [0.2, 0.25) is 0 Å². The number of rotatable bonds is 7. The van der Waals surface area contributed by atoms with Crippen LogP contribution in [0.15, 0.2) is 231 Å². The molecular weight excluding hydrogens is 757 g/mol. The molecule has 0 aliphatic rings. The summed E-state index contributed by atoms with van der Waals surface area (Å²) in [4.78, 5) is 2.50. The number of benzene rings is 10. The first kappa shape index (κ1) is 35.2. The number of anilines is 3. The molecule has 2 heterocycles. The van der Waals surface area contributed by atoms with E-state index in [0.29, 0.717) is 0 Å². The third-order valence-corrected chi connectivity index (χ3v) is 13.3. The molecule has 61 heavy (non-hydrogen) atoms. The van der Waals surface area contributed by atoms with Crippen LogP contribution in [0.3, 0.4) is 0 Å². The summed E-state index contributed by atoms with van der Waals surface area (Å²) in [7, 11) is 0. The molecule has 0 amide bonds. The topological polar surface area (TPSA) is 8.17 Å². The van der Waals surface area contributed by atoms with E-state index >= 15 is 0 Å². The number of hydrogen-bond acceptors (Lipinski definition) is 2. The molecule has 0 fully saturated rings. The number of thiophene rings is 1. The lowest BCUT2D eigenvalue weighted by Gasteiger charge is -2.29. The van der Waals surface area contributed by atoms with Crippen molar-refractivity contribution < 1.29 is 0 Å². The summed E-state index contributed by atoms with van der Waals surface area (Å²) < 4.78 is 4.98. The van der Waals surface area contributed by atoms with Gasteiger partial charge in [-0.25, -0.2) is 0 Å². The van der Waals surface area contributed by atoms with Crippen molar-refractivity contribution in [2.24, 2.45) is 0 Å². The van der Waals surface area contributed by atoms with Crippen molar-refractivity contribution in [1.82, 2.24) is 4.57 Å². The van der Waals surface area contributed by atoms with Gasteiger partial charge in [-0.05, 0) is 87.6 Å². The molecule has 3 heteroatoms. The van der Waals surface area contributed by atoms with Gasteiger partial charge in [0.1, 0.15) is 0 Å². The minimum absolute atomic E-state index is 1.09. The molecule has 0 spiro atoms. The fourth-order valence-electron chi connectivity index (χ4n) is 9.46. The summed E-state index contributed by atoms with van der Waals surface area (Å²) in [5.74, 6) is 0. The van der Waals surface area contributed by atoms with Gasteiger partial charge in [0.15, 0.2) is 0 Å². The van der Waals surface area contributed by atoms with Crippen molar-refractivity contribution >= 4 is 81.1 Å². The van der Waals surface area contributed by atoms with E-state index in [2.05, 4.69) is 240 Å². The Morgan fingerprint density at radius 3 is 1.72 bits per heavy atom. The number of para-hydroxylation sites is 3. The van der Waals surface area contributed by atoms with Crippen LogP contribution in [0.4, 0.5) is 17.1 Å². The molecule has 0 atom stereocenters. The molecule has 2 aromatic heterocycles. The van der Waals surface area contributed by atoms with Gasteiger partial charge in [-0.15, -0.1) is 11.3 Å². The quantitative estimate of drug-likeness (QED) is 0.156. The number of nitrogens with zero attached hydrogens (tertiary/aromatic N) is 2. The van der Waals surface area contributed by atoms with E-state index in [1.54, 1.807) is 0 Å². The van der Waals surface area contributed by atoms with Crippen LogP contribution in [0.25, 0.3) is 91.8 Å². The Hall–Kier alpha value is -7.72. The van der Waals surface area contributed by atoms with E-state index in [-0.39, 0.29) is 0 Å². The smallest absolute Gasteiger partial charge is 0.0555 e. The highest BCUT2D eigenvalue weighted by Crippen LogP contribution is 2.49. The van der Waals surface area contributed by atoms with Crippen molar-refractivity contribution in [3.8, 4) is 39.1 Å². The van der Waals surface area contributed by atoms with Crippen LogP contribution in [0.1, 0.15) is 0 Å². The summed E-state index contributed by atoms with van der Waals surface area (Å²) in [6, 6.07) is 84.3. The van der Waals surface area contributed by atoms with Gasteiger partial charge in [0.25, 0.3) is 0 Å². The van der Waals surface area contributed by atoms with Crippen molar-refractivity contribution in [2.45, 2.75) is 0 Å². The second-order valence-corrected chi connectivity index (χ2v) is 16.7. The molecule has 0 saturated carbocycles. The lowest BCUT2D eigenvalue weighted by Crippen LogP contribution is -2.12. The van der Waals surface area contributed by atoms with E-state index in [1.807, 2.05) is 11.3 Å². The van der Waals surface area contributed by atoms with Gasteiger partial charge in [-0.1, -0.05) is 176 Å². The van der Waals surface area contributed by atoms with Crippen molar-refractivity contribution in [2.75, 3.05) is 4.90 Å². The van der Waals surface area contributed by atoms with Crippen molar-refractivity contribution in [3.05, 3.63) is 231 Å². The zero-order valence-corrected chi connectivity index (χ0v) is 34.1. The van der Waals surface area contributed by atoms with Crippen molar-refractivity contribution in [1.29, 1.82) is 0 Å². The van der Waals surface area contributed by atoms with Crippen LogP contribution in [0.5, 0.6) is 0 Å². The normalized spacial score (nSPS) is 11.6. The molecule has 0 aliphatic heterocycles. The maximum Gasteiger partial charge on any atom is 0.0555 e. The van der Waals surface area contributed by atoms with Crippen LogP contribution >= 0.6 is 11.3 Å². The van der Waals surface area contributed by atoms with Crippen LogP contribution in [-0.4, -0.2) is 4.57 Å². The molecule has 0 saturated heterocycles. The van der Waals surface area contributed by atoms with Gasteiger partial charge in [0, 0.05) is 47.8 Å². The highest BCUT2D eigenvalue weighted by molar-refractivity contribution is 7.26. The van der Waals surface area contributed by atoms with Gasteiger partial charge in [-0.3, -0.25) is 0 Å². The summed E-state index contributed by atoms with van der Waals surface area (Å²) >= 11 is 1.86. The lowest BCUT2D eigenvalue weighted by atomic mass is 9.93. The van der Waals surface area contributed by atoms with E-state index < -0.39 is 0 Å². The highest BCUT2D eigenvalue weighted by atomic mass is 32.1. The summed E-state index contributed by atoms with van der Waals surface area (Å²) in [5, 5.41) is 7.52. The predicted octanol–water partition coefficient (Wildman–Crippen LogP) is 16.8. The predicted molar refractivity (Wildman–Crippen MR) is 262 cm³/mol. The fourth-order valence-corrected chi connectivity index (χ4v) is 10.6. The molecule has 0 aliphatic carbocycles. The van der Waals surface area contributed by atoms with E-state index in [0.717, 1.165) is 28.3 Å². The minimum atomic E-state index is 1.09. The first-order valence-corrected chi connectivity index (χ1v) is 21.7. The molecule has 0 unspecified atom stereocenters. The third-order valence-electron chi connectivity index (χ3n) is 12.2. The molecule has 286 valence electrons. The molecule has 0 N–H and O–H groups in total. The monoisotopic (exact) mass is 794 g/mol. The van der Waals surface area contributed by atoms with E-state index in [4.69, 9.17) is 0 Å². The zero-order chi connectivity index (χ0) is 40.3. The molecule has 0 radical (unpaired) electrons. The Bertz CT molecular complexity index is 3540. The van der Waals surface area contributed by atoms with E-state index in [9.17, 15) is 0 Å². The third kappa shape index (κ3) is 5.85. The maximum absolute atomic E-state index is 2.50. The standard InChI is InChI=1S/C58H38N2S/c1-2-16-40(17-3-1)47-37-34-42(45-25-14-19-39-18-4-5-20-44(39)45)38-55(47)59(54-29-15-31-57-58(54)50-24-9-13-30-56(50)61-57)43-35-32-41(33-36-43)46-21-6-10-26-51(46)60-52-27-11-7-22-48(52)49-23-8-12-28-53(49)60/h1-38H. The van der Waals surface area contributed by atoms with Gasteiger partial charge in [0.05, 0.1) is 28.1 Å². The molecule has 0 bridgehead atoms. The Kier molecular flexibility index (Phi) is 8.39. The van der Waals surface area contributed by atoms with Crippen LogP contribution < -0.4 is 4.90 Å². The Morgan fingerprint density at radius 2 is 0.918 bits per heavy atom. The SMILES string of the molecule is c1ccc(-c2ccc(-c3cccc4ccccc34)cc2N(c2ccc(-c3ccccc3-n3c4ccccc4c4ccccc43)cc2)c2cccc3sc4ccccc4c23)cc1. The lowest BCUT2D eigenvalue weighted by molar-refractivity contribution is 1.18. The van der Waals surface area contributed by atoms with Gasteiger partial charge >= 0.3 is 0 Å². The second-order valence-electron chi connectivity index (χ2n) is 15.6. The molecule has 10 aromatic carbocycles. The average molecular weight is 795 g/mol. The average Bonchev–Trinajstić information content (AvgIpc) is 3.88. The highest BCUT2D eigenvalue weighted by Gasteiger charge is 2.23. The second kappa shape index (κ2) is 14.5. The number of aromatic nitrogens is 1. The van der Waals surface area contributed by atoms with Gasteiger partial charge in [0.2, 0.25) is 0 Å². The Labute approximate surface area is 358 Å². The first-order chi connectivity index (χ1) is 30.3. The Morgan fingerprint density at radius 1 is 0.344 bits per heavy atom. The first-order valence-electron chi connectivity index (χ1n) is 20.8. The number of hydrogen-bond donors (Lipinski definition) is 0. The Balaban J connectivity index is 1.09. The summed E-state index contributed by atoms with van der Waals surface area (Å²) in [5.41, 5.74) is 14.0. The molecule has 2 nitrogen and oxygen atoms in total. The summed E-state index contributed by atoms with van der Waals surface area (Å²) in [6.45, 7) is 0. The van der Waals surface area contributed by atoms with Gasteiger partial charge < -0.3 is 9.47 Å². The van der Waals surface area contributed by atoms with Crippen LogP contribution in [0, 0.1) is 0 Å². The van der Waals surface area contributed by atoms with Gasteiger partial charge in [-0.2, -0.15) is 0 Å². The number of fused-ring (bicyclic) bond motifs is 7. The van der Waals surface area contributed by atoms with E-state index in [1.165, 1.54) is 80.6 Å². The fraction of sp³-hybridized carbons (Fsp3) is 0. The van der Waals surface area contributed by atoms with Crippen LogP contribution in [-0.2, 0) is 0 Å². The largest absolute Gasteiger partial charge is 0.309 e. The van der Waals surface area contributed by atoms with Crippen molar-refractivity contribution in [3.63, 3.8) is 0 Å². The molecular formula is C58H38N2S. The molecule has 12 aromatic rings. The minimum Gasteiger partial charge on any atom is -0.309 e.